The number of ether oxygens (including phenoxy) is 1. The maximum absolute atomic E-state index is 12.4. The number of aryl methyl sites for hydroxylation is 1. The second-order valence-corrected chi connectivity index (χ2v) is 10.2. The summed E-state index contributed by atoms with van der Waals surface area (Å²) >= 11 is 1.39. The molecule has 1 atom stereocenters. The molecule has 5 nitrogen and oxygen atoms in total. The van der Waals surface area contributed by atoms with E-state index in [4.69, 9.17) is 4.74 Å². The molecule has 1 aromatic carbocycles. The molecule has 0 fully saturated rings. The van der Waals surface area contributed by atoms with Gasteiger partial charge in [-0.15, -0.1) is 11.3 Å². The van der Waals surface area contributed by atoms with E-state index in [1.165, 1.54) is 41.1 Å². The summed E-state index contributed by atoms with van der Waals surface area (Å²) in [6.45, 7) is 14.6. The van der Waals surface area contributed by atoms with Crippen LogP contribution in [0.2, 0.25) is 0 Å². The molecule has 31 heavy (non-hydrogen) atoms. The summed E-state index contributed by atoms with van der Waals surface area (Å²) in [4.78, 5) is 31.2. The van der Waals surface area contributed by atoms with Crippen LogP contribution in [0.15, 0.2) is 24.3 Å². The fraction of sp³-hybridized carbons (Fsp3) is 0.560. The topological polar surface area (TPSA) is 59.5 Å². The van der Waals surface area contributed by atoms with Crippen LogP contribution in [0, 0.1) is 12.8 Å². The normalized spacial score (nSPS) is 14.4. The summed E-state index contributed by atoms with van der Waals surface area (Å²) in [6, 6.07) is 8.03. The van der Waals surface area contributed by atoms with Gasteiger partial charge < -0.3 is 4.74 Å². The maximum Gasteiger partial charge on any atom is 0.411 e. The van der Waals surface area contributed by atoms with Crippen molar-refractivity contribution in [2.75, 3.05) is 6.54 Å². The molecule has 0 aliphatic carbocycles. The van der Waals surface area contributed by atoms with Gasteiger partial charge in [-0.05, 0) is 33.6 Å². The second-order valence-electron chi connectivity index (χ2n) is 9.22. The number of rotatable bonds is 4. The van der Waals surface area contributed by atoms with Gasteiger partial charge in [-0.3, -0.25) is 9.69 Å². The number of hydrogen-bond donors (Lipinski definition) is 0. The largest absolute Gasteiger partial charge is 0.444 e. The van der Waals surface area contributed by atoms with E-state index in [-0.39, 0.29) is 12.3 Å². The molecule has 170 valence electrons. The van der Waals surface area contributed by atoms with Gasteiger partial charge in [-0.25, -0.2) is 9.78 Å². The lowest BCUT2D eigenvalue weighted by Crippen LogP contribution is -2.42. The van der Waals surface area contributed by atoms with Crippen LogP contribution in [0.4, 0.5) is 4.79 Å². The van der Waals surface area contributed by atoms with Gasteiger partial charge in [-0.2, -0.15) is 0 Å². The third-order valence-electron chi connectivity index (χ3n) is 5.05. The molecule has 0 spiro atoms. The number of hydrogen-bond acceptors (Lipinski definition) is 5. The first-order valence-corrected chi connectivity index (χ1v) is 11.9. The highest BCUT2D eigenvalue weighted by molar-refractivity contribution is 7.17. The number of amides is 1. The van der Waals surface area contributed by atoms with E-state index < -0.39 is 11.7 Å². The van der Waals surface area contributed by atoms with Gasteiger partial charge in [0, 0.05) is 5.56 Å². The van der Waals surface area contributed by atoms with E-state index in [1.807, 2.05) is 31.2 Å². The number of carbonyl (C=O) groups is 2. The first-order valence-electron chi connectivity index (χ1n) is 11.1. The maximum atomic E-state index is 12.4. The molecule has 0 saturated heterocycles. The van der Waals surface area contributed by atoms with Crippen molar-refractivity contribution in [1.82, 2.24) is 9.88 Å². The predicted octanol–water partition coefficient (Wildman–Crippen LogP) is 6.88. The number of Topliss-reactive ketones (excluding diaryl/α,β-unsaturated/α-hetero) is 1. The minimum Gasteiger partial charge on any atom is -0.444 e. The van der Waals surface area contributed by atoms with E-state index in [0.717, 1.165) is 16.5 Å². The Kier molecular flexibility index (Phi) is 8.80. The smallest absolute Gasteiger partial charge is 0.411 e. The molecular weight excluding hydrogens is 408 g/mol. The minimum atomic E-state index is -0.588. The van der Waals surface area contributed by atoms with Crippen LogP contribution in [-0.2, 0) is 11.3 Å². The fourth-order valence-electron chi connectivity index (χ4n) is 3.13. The van der Waals surface area contributed by atoms with E-state index in [2.05, 4.69) is 25.8 Å². The monoisotopic (exact) mass is 444 g/mol. The Morgan fingerprint density at radius 3 is 2.35 bits per heavy atom. The molecule has 1 amide bonds. The van der Waals surface area contributed by atoms with Crippen LogP contribution in [0.1, 0.15) is 81.7 Å². The number of carbonyl (C=O) groups excluding carboxylic acids is 2. The Hall–Kier alpha value is -2.21. The molecule has 2 aromatic rings. The summed E-state index contributed by atoms with van der Waals surface area (Å²) in [6.07, 6.45) is 3.60. The van der Waals surface area contributed by atoms with Gasteiger partial charge in [0.2, 0.25) is 0 Å². The van der Waals surface area contributed by atoms with Crippen molar-refractivity contribution in [3.63, 3.8) is 0 Å². The Balaban J connectivity index is 0.000000423. The molecule has 1 unspecified atom stereocenters. The molecule has 2 heterocycles. The molecular formula is C25H36N2O3S. The first-order chi connectivity index (χ1) is 14.5. The average Bonchev–Trinajstić information content (AvgIpc) is 3.12. The highest BCUT2D eigenvalue weighted by atomic mass is 32.1. The minimum absolute atomic E-state index is 0.0391. The molecule has 1 aliphatic rings. The predicted molar refractivity (Wildman–Crippen MR) is 128 cm³/mol. The van der Waals surface area contributed by atoms with Crippen LogP contribution >= 0.6 is 11.3 Å². The molecule has 0 bridgehead atoms. The van der Waals surface area contributed by atoms with Crippen LogP contribution in [0.25, 0.3) is 10.6 Å². The summed E-state index contributed by atoms with van der Waals surface area (Å²) in [5, 5.41) is 0.805. The van der Waals surface area contributed by atoms with Crippen molar-refractivity contribution in [2.24, 2.45) is 5.92 Å². The Labute approximate surface area is 190 Å². The quantitative estimate of drug-likeness (QED) is 0.515. The summed E-state index contributed by atoms with van der Waals surface area (Å²) in [7, 11) is 0. The van der Waals surface area contributed by atoms with Crippen molar-refractivity contribution in [3.05, 3.63) is 40.4 Å². The van der Waals surface area contributed by atoms with E-state index in [9.17, 15) is 9.59 Å². The number of fused-ring (bicyclic) bond motifs is 1. The van der Waals surface area contributed by atoms with Crippen molar-refractivity contribution in [3.8, 4) is 10.6 Å². The first kappa shape index (κ1) is 25.1. The molecule has 6 heteroatoms. The van der Waals surface area contributed by atoms with E-state index >= 15 is 0 Å². The molecule has 1 aliphatic heterocycles. The van der Waals surface area contributed by atoms with Gasteiger partial charge in [-0.1, -0.05) is 69.9 Å². The van der Waals surface area contributed by atoms with Gasteiger partial charge in [0.25, 0.3) is 0 Å². The number of thiazole rings is 1. The van der Waals surface area contributed by atoms with Gasteiger partial charge in [0.15, 0.2) is 5.78 Å². The number of ketones is 1. The van der Waals surface area contributed by atoms with Gasteiger partial charge in [0.05, 0.1) is 23.7 Å². The number of aromatic nitrogens is 1. The van der Waals surface area contributed by atoms with E-state index in [0.29, 0.717) is 17.1 Å². The van der Waals surface area contributed by atoms with Crippen molar-refractivity contribution in [2.45, 2.75) is 79.9 Å². The molecule has 0 saturated carbocycles. The molecule has 0 radical (unpaired) electrons. The zero-order valence-electron chi connectivity index (χ0n) is 19.9. The van der Waals surface area contributed by atoms with Crippen molar-refractivity contribution >= 4 is 23.2 Å². The Morgan fingerprint density at radius 2 is 1.84 bits per heavy atom. The fourth-order valence-corrected chi connectivity index (χ4v) is 4.14. The lowest BCUT2D eigenvalue weighted by atomic mass is 10.0. The van der Waals surface area contributed by atoms with Crippen LogP contribution < -0.4 is 0 Å². The van der Waals surface area contributed by atoms with Crippen LogP contribution in [0.5, 0.6) is 0 Å². The molecule has 0 N–H and O–H groups in total. The van der Waals surface area contributed by atoms with Crippen LogP contribution in [-0.4, -0.2) is 33.9 Å². The van der Waals surface area contributed by atoms with Crippen LogP contribution in [0.3, 0.4) is 0 Å². The number of nitrogens with zero attached hydrogens (tertiary/aromatic N) is 2. The average molecular weight is 445 g/mol. The lowest BCUT2D eigenvalue weighted by Gasteiger charge is -2.28. The van der Waals surface area contributed by atoms with Gasteiger partial charge >= 0.3 is 6.09 Å². The highest BCUT2D eigenvalue weighted by Crippen LogP contribution is 2.32. The second kappa shape index (κ2) is 10.9. The van der Waals surface area contributed by atoms with Gasteiger partial charge in [0.1, 0.15) is 10.6 Å². The van der Waals surface area contributed by atoms with E-state index in [1.54, 1.807) is 20.8 Å². The zero-order valence-corrected chi connectivity index (χ0v) is 20.8. The SMILES string of the molecule is CCCC(C)CC.Cc1ccc(-c2nc3c(s2)C(=O)CN(C(=O)OC(C)(C)C)C3)cc1. The summed E-state index contributed by atoms with van der Waals surface area (Å²) in [5.41, 5.74) is 2.22. The Morgan fingerprint density at radius 1 is 1.19 bits per heavy atom. The third-order valence-corrected chi connectivity index (χ3v) is 6.24. The van der Waals surface area contributed by atoms with Crippen molar-refractivity contribution < 1.29 is 14.3 Å². The van der Waals surface area contributed by atoms with Crippen molar-refractivity contribution in [1.29, 1.82) is 0 Å². The highest BCUT2D eigenvalue weighted by Gasteiger charge is 2.32. The summed E-state index contributed by atoms with van der Waals surface area (Å²) in [5.74, 6) is 0.864. The zero-order chi connectivity index (χ0) is 23.2. The molecule has 3 rings (SSSR count). The summed E-state index contributed by atoms with van der Waals surface area (Å²) < 4.78 is 5.36. The Bertz CT molecular complexity index is 881. The third kappa shape index (κ3) is 7.46. The molecule has 1 aromatic heterocycles. The lowest BCUT2D eigenvalue weighted by molar-refractivity contribution is 0.0219. The number of benzene rings is 1. The standard InChI is InChI=1S/C18H20N2O3S.C7H16/c1-11-5-7-12(8-6-11)16-19-13-9-20(10-14(21)15(13)24-16)17(22)23-18(2,3)4;1-4-6-7(3)5-2/h5-8H,9-10H2,1-4H3;7H,4-6H2,1-3H3.